The van der Waals surface area contributed by atoms with Crippen molar-refractivity contribution in [2.75, 3.05) is 5.73 Å². The maximum atomic E-state index is 12.2. The number of hydrogen-bond donors (Lipinski definition) is 2. The molecule has 112 valence electrons. The van der Waals surface area contributed by atoms with Gasteiger partial charge in [0.2, 0.25) is 0 Å². The van der Waals surface area contributed by atoms with Crippen LogP contribution in [0.5, 0.6) is 0 Å². The van der Waals surface area contributed by atoms with E-state index in [0.717, 1.165) is 6.42 Å². The lowest BCUT2D eigenvalue weighted by atomic mass is 10.1. The summed E-state index contributed by atoms with van der Waals surface area (Å²) in [6.45, 7) is 4.03. The summed E-state index contributed by atoms with van der Waals surface area (Å²) in [6.07, 6.45) is 0.793. The second-order valence-electron chi connectivity index (χ2n) is 4.95. The van der Waals surface area contributed by atoms with Gasteiger partial charge in [0.05, 0.1) is 15.7 Å². The van der Waals surface area contributed by atoms with Crippen molar-refractivity contribution in [2.24, 2.45) is 0 Å². The highest BCUT2D eigenvalue weighted by molar-refractivity contribution is 7.11. The van der Waals surface area contributed by atoms with Crippen molar-refractivity contribution in [3.05, 3.63) is 49.6 Å². The Labute approximate surface area is 138 Å². The molecule has 3 N–H and O–H groups in total. The second-order valence-corrected chi connectivity index (χ2v) is 7.11. The fraction of sp³-hybridized carbons (Fsp3) is 0.267. The van der Waals surface area contributed by atoms with Crippen molar-refractivity contribution in [3.8, 4) is 0 Å². The van der Waals surface area contributed by atoms with E-state index in [4.69, 9.17) is 28.9 Å². The first-order valence-corrected chi connectivity index (χ1v) is 8.04. The van der Waals surface area contributed by atoms with E-state index in [9.17, 15) is 4.79 Å². The maximum Gasteiger partial charge on any atom is 0.251 e. The summed E-state index contributed by atoms with van der Waals surface area (Å²) in [7, 11) is 0. The molecule has 1 aromatic carbocycles. The van der Waals surface area contributed by atoms with E-state index in [2.05, 4.69) is 24.4 Å². The molecule has 3 nitrogen and oxygen atoms in total. The van der Waals surface area contributed by atoms with Crippen molar-refractivity contribution in [1.82, 2.24) is 5.32 Å². The molecule has 1 heterocycles. The zero-order valence-electron chi connectivity index (χ0n) is 11.7. The predicted molar refractivity (Wildman–Crippen MR) is 90.6 cm³/mol. The minimum atomic E-state index is -0.207. The summed E-state index contributed by atoms with van der Waals surface area (Å²) in [5, 5.41) is 3.49. The number of carbonyl (C=O) groups is 1. The highest BCUT2D eigenvalue weighted by Gasteiger charge is 2.14. The Morgan fingerprint density at radius 3 is 2.67 bits per heavy atom. The molecule has 1 unspecified atom stereocenters. The summed E-state index contributed by atoms with van der Waals surface area (Å²) < 4.78 is 0. The van der Waals surface area contributed by atoms with Gasteiger partial charge >= 0.3 is 0 Å². The molecule has 0 fully saturated rings. The zero-order valence-corrected chi connectivity index (χ0v) is 14.1. The quantitative estimate of drug-likeness (QED) is 0.813. The molecular formula is C15H16Cl2N2OS. The van der Waals surface area contributed by atoms with Gasteiger partial charge in [0.15, 0.2) is 0 Å². The number of thiophene rings is 1. The van der Waals surface area contributed by atoms with Crippen molar-refractivity contribution in [2.45, 2.75) is 26.3 Å². The van der Waals surface area contributed by atoms with Crippen LogP contribution < -0.4 is 11.1 Å². The summed E-state index contributed by atoms with van der Waals surface area (Å²) in [6, 6.07) is 7.24. The van der Waals surface area contributed by atoms with Crippen LogP contribution in [0.15, 0.2) is 24.3 Å². The molecule has 2 rings (SSSR count). The Morgan fingerprint density at radius 1 is 1.38 bits per heavy atom. The highest BCUT2D eigenvalue weighted by atomic mass is 35.5. The van der Waals surface area contributed by atoms with Gasteiger partial charge in [-0.05, 0) is 38.1 Å². The molecule has 1 aromatic heterocycles. The molecule has 0 bridgehead atoms. The number of carbonyl (C=O) groups excluding carboxylic acids is 1. The molecule has 0 aliphatic rings. The first kappa shape index (κ1) is 16.1. The fourth-order valence-corrected chi connectivity index (χ4v) is 3.35. The Hall–Kier alpha value is -1.23. The molecule has 0 saturated heterocycles. The Morgan fingerprint density at radius 2 is 2.10 bits per heavy atom. The van der Waals surface area contributed by atoms with E-state index in [1.165, 1.54) is 21.9 Å². The number of rotatable bonds is 4. The molecule has 0 aliphatic carbocycles. The third-order valence-corrected chi connectivity index (χ3v) is 4.84. The van der Waals surface area contributed by atoms with E-state index in [1.54, 1.807) is 11.3 Å². The van der Waals surface area contributed by atoms with Crippen LogP contribution in [0.1, 0.15) is 27.0 Å². The number of nitrogens with one attached hydrogen (secondary N) is 1. The Balaban J connectivity index is 2.04. The highest BCUT2D eigenvalue weighted by Crippen LogP contribution is 2.29. The topological polar surface area (TPSA) is 55.1 Å². The number of nitrogens with two attached hydrogens (primary N) is 1. The number of anilines is 1. The van der Waals surface area contributed by atoms with Crippen LogP contribution in [-0.2, 0) is 6.42 Å². The van der Waals surface area contributed by atoms with Gasteiger partial charge in [0.25, 0.3) is 5.91 Å². The largest absolute Gasteiger partial charge is 0.397 e. The van der Waals surface area contributed by atoms with Gasteiger partial charge in [-0.1, -0.05) is 23.2 Å². The first-order valence-electron chi connectivity index (χ1n) is 6.47. The summed E-state index contributed by atoms with van der Waals surface area (Å²) in [4.78, 5) is 14.7. The van der Waals surface area contributed by atoms with Gasteiger partial charge in [-0.2, -0.15) is 0 Å². The minimum absolute atomic E-state index is 0.0197. The van der Waals surface area contributed by atoms with E-state index >= 15 is 0 Å². The number of nitrogen functional groups attached to an aromatic ring is 1. The molecule has 21 heavy (non-hydrogen) atoms. The standard InChI is InChI=1S/C15H16Cl2N2OS/c1-8(5-11-4-3-9(2)21-11)19-15(20)10-6-12(16)14(17)13(18)7-10/h3-4,6-8H,5,18H2,1-2H3,(H,19,20). The van der Waals surface area contributed by atoms with Crippen LogP contribution in [0.2, 0.25) is 10.0 Å². The van der Waals surface area contributed by atoms with Gasteiger partial charge in [-0.3, -0.25) is 4.79 Å². The minimum Gasteiger partial charge on any atom is -0.397 e. The van der Waals surface area contributed by atoms with Gasteiger partial charge in [0, 0.05) is 27.8 Å². The summed E-state index contributed by atoms with van der Waals surface area (Å²) in [5.74, 6) is -0.207. The molecular weight excluding hydrogens is 327 g/mol. The van der Waals surface area contributed by atoms with Crippen molar-refractivity contribution in [1.29, 1.82) is 0 Å². The van der Waals surface area contributed by atoms with Gasteiger partial charge in [0.1, 0.15) is 0 Å². The molecule has 0 radical (unpaired) electrons. The van der Waals surface area contributed by atoms with Crippen LogP contribution in [0, 0.1) is 6.92 Å². The SMILES string of the molecule is Cc1ccc(CC(C)NC(=O)c2cc(N)c(Cl)c(Cl)c2)s1. The third-order valence-electron chi connectivity index (χ3n) is 3.00. The maximum absolute atomic E-state index is 12.2. The normalized spacial score (nSPS) is 12.2. The summed E-state index contributed by atoms with van der Waals surface area (Å²) >= 11 is 13.6. The van der Waals surface area contributed by atoms with Crippen LogP contribution in [0.25, 0.3) is 0 Å². The molecule has 0 aliphatic heterocycles. The smallest absolute Gasteiger partial charge is 0.251 e. The predicted octanol–water partition coefficient (Wildman–Crippen LogP) is 4.31. The average Bonchev–Trinajstić information content (AvgIpc) is 2.80. The monoisotopic (exact) mass is 342 g/mol. The van der Waals surface area contributed by atoms with Crippen LogP contribution in [0.3, 0.4) is 0 Å². The van der Waals surface area contributed by atoms with Crippen molar-refractivity contribution in [3.63, 3.8) is 0 Å². The van der Waals surface area contributed by atoms with E-state index in [-0.39, 0.29) is 22.0 Å². The van der Waals surface area contributed by atoms with Crippen LogP contribution in [0.4, 0.5) is 5.69 Å². The summed E-state index contributed by atoms with van der Waals surface area (Å²) in [5.41, 5.74) is 6.44. The van der Waals surface area contributed by atoms with Crippen molar-refractivity contribution >= 4 is 46.1 Å². The fourth-order valence-electron chi connectivity index (χ4n) is 2.00. The third kappa shape index (κ3) is 4.13. The Bertz CT molecular complexity index is 646. The molecule has 6 heteroatoms. The number of halogens is 2. The lowest BCUT2D eigenvalue weighted by Gasteiger charge is -2.14. The molecule has 1 amide bonds. The molecule has 2 aromatic rings. The Kier molecular flexibility index (Phi) is 5.14. The number of amides is 1. The number of aryl methyl sites for hydroxylation is 1. The zero-order chi connectivity index (χ0) is 15.6. The average molecular weight is 343 g/mol. The first-order chi connectivity index (χ1) is 9.86. The van der Waals surface area contributed by atoms with E-state index in [0.29, 0.717) is 11.3 Å². The van der Waals surface area contributed by atoms with Gasteiger partial charge in [-0.25, -0.2) is 0 Å². The van der Waals surface area contributed by atoms with Crippen molar-refractivity contribution < 1.29 is 4.79 Å². The number of benzene rings is 1. The lowest BCUT2D eigenvalue weighted by Crippen LogP contribution is -2.33. The van der Waals surface area contributed by atoms with Gasteiger partial charge < -0.3 is 11.1 Å². The van der Waals surface area contributed by atoms with Crippen LogP contribution >= 0.6 is 34.5 Å². The molecule has 1 atom stereocenters. The van der Waals surface area contributed by atoms with E-state index in [1.807, 2.05) is 6.92 Å². The second kappa shape index (κ2) is 6.69. The van der Waals surface area contributed by atoms with E-state index < -0.39 is 0 Å². The molecule has 0 saturated carbocycles. The van der Waals surface area contributed by atoms with Crippen LogP contribution in [-0.4, -0.2) is 11.9 Å². The molecule has 0 spiro atoms. The lowest BCUT2D eigenvalue weighted by molar-refractivity contribution is 0.0940. The van der Waals surface area contributed by atoms with Gasteiger partial charge in [-0.15, -0.1) is 11.3 Å². The number of hydrogen-bond acceptors (Lipinski definition) is 3.